The average Bonchev–Trinajstić information content (AvgIpc) is 2.78. The second kappa shape index (κ2) is 4.18. The monoisotopic (exact) mass is 193 g/mol. The molecule has 0 amide bonds. The number of furan rings is 1. The molecule has 2 rings (SSSR count). The Bertz CT molecular complexity index is 260. The van der Waals surface area contributed by atoms with Crippen LogP contribution >= 0.6 is 0 Å². The van der Waals surface area contributed by atoms with Gasteiger partial charge in [0.1, 0.15) is 0 Å². The predicted octanol–water partition coefficient (Wildman–Crippen LogP) is 2.60. The van der Waals surface area contributed by atoms with E-state index in [2.05, 4.69) is 18.4 Å². The number of hydrogen-bond acceptors (Lipinski definition) is 2. The zero-order chi connectivity index (χ0) is 9.86. The highest BCUT2D eigenvalue weighted by Crippen LogP contribution is 2.40. The average molecular weight is 193 g/mol. The maximum atomic E-state index is 5.13. The van der Waals surface area contributed by atoms with Crippen molar-refractivity contribution >= 4 is 0 Å². The molecule has 0 aromatic carbocycles. The molecule has 1 fully saturated rings. The van der Waals surface area contributed by atoms with Crippen molar-refractivity contribution in [1.29, 1.82) is 0 Å². The highest BCUT2D eigenvalue weighted by Gasteiger charge is 2.33. The van der Waals surface area contributed by atoms with Crippen molar-refractivity contribution in [3.05, 3.63) is 24.2 Å². The van der Waals surface area contributed by atoms with Crippen molar-refractivity contribution < 1.29 is 4.42 Å². The van der Waals surface area contributed by atoms with Crippen LogP contribution in [0.15, 0.2) is 23.0 Å². The Morgan fingerprint density at radius 2 is 2.21 bits per heavy atom. The minimum Gasteiger partial charge on any atom is -0.472 e. The molecule has 1 aromatic heterocycles. The van der Waals surface area contributed by atoms with Crippen LogP contribution in [0.4, 0.5) is 0 Å². The first-order chi connectivity index (χ1) is 6.85. The molecule has 0 spiro atoms. The van der Waals surface area contributed by atoms with Gasteiger partial charge < -0.3 is 9.73 Å². The molecule has 1 saturated carbocycles. The first-order valence-electron chi connectivity index (χ1n) is 5.50. The second-order valence-electron chi connectivity index (χ2n) is 4.55. The molecular formula is C12H19NO. The van der Waals surface area contributed by atoms with E-state index in [1.807, 2.05) is 6.26 Å². The van der Waals surface area contributed by atoms with E-state index in [1.165, 1.54) is 37.7 Å². The molecule has 0 atom stereocenters. The Hall–Kier alpha value is -0.760. The van der Waals surface area contributed by atoms with Gasteiger partial charge in [-0.2, -0.15) is 0 Å². The van der Waals surface area contributed by atoms with E-state index in [-0.39, 0.29) is 0 Å². The minimum atomic E-state index is 0.499. The normalized spacial score (nSPS) is 20.1. The summed E-state index contributed by atoms with van der Waals surface area (Å²) in [5.41, 5.74) is 1.85. The summed E-state index contributed by atoms with van der Waals surface area (Å²) in [5, 5.41) is 3.33. The summed E-state index contributed by atoms with van der Waals surface area (Å²) >= 11 is 0. The minimum absolute atomic E-state index is 0.499. The van der Waals surface area contributed by atoms with Crippen LogP contribution < -0.4 is 5.32 Å². The summed E-state index contributed by atoms with van der Waals surface area (Å²) in [5.74, 6) is 0. The molecule has 0 saturated heterocycles. The maximum absolute atomic E-state index is 5.13. The largest absolute Gasteiger partial charge is 0.472 e. The van der Waals surface area contributed by atoms with Crippen molar-refractivity contribution in [1.82, 2.24) is 5.32 Å². The SMILES string of the molecule is CNCC1(Cc2ccoc2)CCCC1. The lowest BCUT2D eigenvalue weighted by Crippen LogP contribution is -2.31. The van der Waals surface area contributed by atoms with Crippen LogP contribution in [0, 0.1) is 5.41 Å². The number of rotatable bonds is 4. The zero-order valence-electron chi connectivity index (χ0n) is 8.88. The van der Waals surface area contributed by atoms with E-state index < -0.39 is 0 Å². The molecule has 1 aliphatic rings. The molecule has 1 N–H and O–H groups in total. The summed E-state index contributed by atoms with van der Waals surface area (Å²) in [6, 6.07) is 2.09. The lowest BCUT2D eigenvalue weighted by atomic mass is 9.80. The standard InChI is InChI=1S/C12H19NO/c1-13-10-12(5-2-3-6-12)8-11-4-7-14-9-11/h4,7,9,13H,2-3,5-6,8,10H2,1H3. The van der Waals surface area contributed by atoms with Gasteiger partial charge >= 0.3 is 0 Å². The van der Waals surface area contributed by atoms with Gasteiger partial charge in [-0.1, -0.05) is 12.8 Å². The van der Waals surface area contributed by atoms with Crippen molar-refractivity contribution in [3.63, 3.8) is 0 Å². The van der Waals surface area contributed by atoms with Crippen molar-refractivity contribution in [2.45, 2.75) is 32.1 Å². The van der Waals surface area contributed by atoms with Gasteiger partial charge in [0.15, 0.2) is 0 Å². The molecule has 1 aliphatic carbocycles. The molecule has 2 nitrogen and oxygen atoms in total. The van der Waals surface area contributed by atoms with E-state index in [0.717, 1.165) is 6.54 Å². The van der Waals surface area contributed by atoms with E-state index >= 15 is 0 Å². The first kappa shape index (κ1) is 9.78. The molecule has 0 aliphatic heterocycles. The zero-order valence-corrected chi connectivity index (χ0v) is 8.88. The fourth-order valence-corrected chi connectivity index (χ4v) is 2.74. The summed E-state index contributed by atoms with van der Waals surface area (Å²) < 4.78 is 5.13. The molecule has 1 aromatic rings. The van der Waals surface area contributed by atoms with Gasteiger partial charge in [0.05, 0.1) is 12.5 Å². The Balaban J connectivity index is 2.04. The second-order valence-corrected chi connectivity index (χ2v) is 4.55. The van der Waals surface area contributed by atoms with E-state index in [1.54, 1.807) is 6.26 Å². The summed E-state index contributed by atoms with van der Waals surface area (Å²) in [7, 11) is 2.05. The van der Waals surface area contributed by atoms with Crippen LogP contribution in [-0.2, 0) is 6.42 Å². The quantitative estimate of drug-likeness (QED) is 0.795. The molecular weight excluding hydrogens is 174 g/mol. The van der Waals surface area contributed by atoms with E-state index in [4.69, 9.17) is 4.42 Å². The van der Waals surface area contributed by atoms with Crippen LogP contribution in [0.1, 0.15) is 31.2 Å². The van der Waals surface area contributed by atoms with Gasteiger partial charge in [0, 0.05) is 6.54 Å². The highest BCUT2D eigenvalue weighted by atomic mass is 16.3. The van der Waals surface area contributed by atoms with E-state index in [9.17, 15) is 0 Å². The number of hydrogen-bond donors (Lipinski definition) is 1. The van der Waals surface area contributed by atoms with Crippen LogP contribution in [-0.4, -0.2) is 13.6 Å². The Labute approximate surface area is 85.7 Å². The van der Waals surface area contributed by atoms with Gasteiger partial charge in [-0.05, 0) is 43.4 Å². The molecule has 14 heavy (non-hydrogen) atoms. The Morgan fingerprint density at radius 3 is 2.79 bits per heavy atom. The Morgan fingerprint density at radius 1 is 1.43 bits per heavy atom. The summed E-state index contributed by atoms with van der Waals surface area (Å²) in [4.78, 5) is 0. The van der Waals surface area contributed by atoms with Gasteiger partial charge in [0.2, 0.25) is 0 Å². The topological polar surface area (TPSA) is 25.2 Å². The maximum Gasteiger partial charge on any atom is 0.0934 e. The predicted molar refractivity (Wildman–Crippen MR) is 57.2 cm³/mol. The van der Waals surface area contributed by atoms with Gasteiger partial charge in [0.25, 0.3) is 0 Å². The van der Waals surface area contributed by atoms with Crippen LogP contribution in [0.2, 0.25) is 0 Å². The number of nitrogens with one attached hydrogen (secondary N) is 1. The molecule has 78 valence electrons. The Kier molecular flexibility index (Phi) is 2.92. The lowest BCUT2D eigenvalue weighted by Gasteiger charge is -2.28. The highest BCUT2D eigenvalue weighted by molar-refractivity contribution is 5.10. The third kappa shape index (κ3) is 2.01. The summed E-state index contributed by atoms with van der Waals surface area (Å²) in [6.45, 7) is 1.14. The lowest BCUT2D eigenvalue weighted by molar-refractivity contribution is 0.285. The van der Waals surface area contributed by atoms with Gasteiger partial charge in [-0.3, -0.25) is 0 Å². The third-order valence-corrected chi connectivity index (χ3v) is 3.38. The van der Waals surface area contributed by atoms with Crippen molar-refractivity contribution in [3.8, 4) is 0 Å². The smallest absolute Gasteiger partial charge is 0.0934 e. The third-order valence-electron chi connectivity index (χ3n) is 3.38. The molecule has 0 radical (unpaired) electrons. The first-order valence-corrected chi connectivity index (χ1v) is 5.50. The molecule has 0 bridgehead atoms. The van der Waals surface area contributed by atoms with Crippen LogP contribution in [0.3, 0.4) is 0 Å². The van der Waals surface area contributed by atoms with Gasteiger partial charge in [-0.25, -0.2) is 0 Å². The molecule has 2 heteroatoms. The summed E-state index contributed by atoms with van der Waals surface area (Å²) in [6.07, 6.45) is 10.3. The molecule has 1 heterocycles. The molecule has 0 unspecified atom stereocenters. The van der Waals surface area contributed by atoms with Crippen molar-refractivity contribution in [2.24, 2.45) is 5.41 Å². The fraction of sp³-hybridized carbons (Fsp3) is 0.667. The van der Waals surface area contributed by atoms with Crippen LogP contribution in [0.5, 0.6) is 0 Å². The van der Waals surface area contributed by atoms with Crippen molar-refractivity contribution in [2.75, 3.05) is 13.6 Å². The van der Waals surface area contributed by atoms with Gasteiger partial charge in [-0.15, -0.1) is 0 Å². The van der Waals surface area contributed by atoms with Crippen LogP contribution in [0.25, 0.3) is 0 Å². The van der Waals surface area contributed by atoms with E-state index in [0.29, 0.717) is 5.41 Å². The fourth-order valence-electron chi connectivity index (χ4n) is 2.74.